The van der Waals surface area contributed by atoms with Crippen LogP contribution >= 0.6 is 0 Å². The summed E-state index contributed by atoms with van der Waals surface area (Å²) in [5.41, 5.74) is 1.69. The van der Waals surface area contributed by atoms with Crippen LogP contribution in [0, 0.1) is 5.82 Å². The molecule has 0 saturated carbocycles. The van der Waals surface area contributed by atoms with Gasteiger partial charge in [-0.25, -0.2) is 4.39 Å². The Bertz CT molecular complexity index is 725. The van der Waals surface area contributed by atoms with Gasteiger partial charge in [0, 0.05) is 18.4 Å². The standard InChI is InChI=1S/C21H22FNO/c1-3-21(18-9-11-19(22)12-10-18)13-14-23(20(24)15-21)16(2)17-7-5-4-6-8-17/h3-12,16H,1,13-15H2,2H3/t16-,21-/m0/s1. The lowest BCUT2D eigenvalue weighted by atomic mass is 9.72. The van der Waals surface area contributed by atoms with Gasteiger partial charge in [-0.1, -0.05) is 48.5 Å². The van der Waals surface area contributed by atoms with Gasteiger partial charge in [-0.15, -0.1) is 6.58 Å². The molecular weight excluding hydrogens is 301 g/mol. The normalized spacial score (nSPS) is 22.2. The van der Waals surface area contributed by atoms with Crippen molar-refractivity contribution in [3.05, 3.63) is 84.2 Å². The van der Waals surface area contributed by atoms with Crippen molar-refractivity contribution >= 4 is 5.91 Å². The zero-order valence-corrected chi connectivity index (χ0v) is 13.9. The highest BCUT2D eigenvalue weighted by molar-refractivity contribution is 5.80. The van der Waals surface area contributed by atoms with E-state index in [0.29, 0.717) is 13.0 Å². The van der Waals surface area contributed by atoms with Crippen molar-refractivity contribution in [2.45, 2.75) is 31.2 Å². The summed E-state index contributed by atoms with van der Waals surface area (Å²) in [5, 5.41) is 0. The molecule has 24 heavy (non-hydrogen) atoms. The Kier molecular flexibility index (Phi) is 4.52. The molecule has 3 heteroatoms. The SMILES string of the molecule is C=C[C@]1(c2ccc(F)cc2)CCN([C@@H](C)c2ccccc2)C(=O)C1. The van der Waals surface area contributed by atoms with Crippen molar-refractivity contribution in [3.8, 4) is 0 Å². The first-order valence-electron chi connectivity index (χ1n) is 8.30. The maximum absolute atomic E-state index is 13.2. The monoisotopic (exact) mass is 323 g/mol. The number of halogens is 1. The summed E-state index contributed by atoms with van der Waals surface area (Å²) in [4.78, 5) is 14.8. The minimum absolute atomic E-state index is 0.0507. The Balaban J connectivity index is 1.82. The molecule has 1 heterocycles. The maximum atomic E-state index is 13.2. The maximum Gasteiger partial charge on any atom is 0.224 e. The molecule has 3 rings (SSSR count). The van der Waals surface area contributed by atoms with E-state index in [-0.39, 0.29) is 17.8 Å². The molecule has 1 amide bonds. The lowest BCUT2D eigenvalue weighted by Crippen LogP contribution is -2.46. The van der Waals surface area contributed by atoms with Crippen LogP contribution in [0.15, 0.2) is 67.3 Å². The van der Waals surface area contributed by atoms with Crippen LogP contribution in [0.2, 0.25) is 0 Å². The predicted molar refractivity (Wildman–Crippen MR) is 94.1 cm³/mol. The average molecular weight is 323 g/mol. The van der Waals surface area contributed by atoms with Gasteiger partial charge in [0.1, 0.15) is 5.82 Å². The molecule has 0 spiro atoms. The topological polar surface area (TPSA) is 20.3 Å². The molecule has 0 aliphatic carbocycles. The Hall–Kier alpha value is -2.42. The van der Waals surface area contributed by atoms with Crippen molar-refractivity contribution in [3.63, 3.8) is 0 Å². The fourth-order valence-electron chi connectivity index (χ4n) is 3.55. The number of benzene rings is 2. The third-order valence-electron chi connectivity index (χ3n) is 5.15. The number of carbonyl (C=O) groups is 1. The lowest BCUT2D eigenvalue weighted by molar-refractivity contribution is -0.137. The van der Waals surface area contributed by atoms with Crippen LogP contribution in [0.25, 0.3) is 0 Å². The van der Waals surface area contributed by atoms with Gasteiger partial charge < -0.3 is 4.90 Å². The summed E-state index contributed by atoms with van der Waals surface area (Å²) in [6.45, 7) is 6.68. The number of nitrogens with zero attached hydrogens (tertiary/aromatic N) is 1. The molecule has 0 unspecified atom stereocenters. The molecule has 124 valence electrons. The van der Waals surface area contributed by atoms with E-state index in [9.17, 15) is 9.18 Å². The Morgan fingerprint density at radius 2 is 1.83 bits per heavy atom. The van der Waals surface area contributed by atoms with Crippen LogP contribution in [-0.4, -0.2) is 17.4 Å². The van der Waals surface area contributed by atoms with E-state index in [0.717, 1.165) is 17.5 Å². The van der Waals surface area contributed by atoms with Crippen LogP contribution in [0.1, 0.15) is 36.9 Å². The van der Waals surface area contributed by atoms with Crippen LogP contribution in [0.4, 0.5) is 4.39 Å². The van der Waals surface area contributed by atoms with Crippen LogP contribution in [0.3, 0.4) is 0 Å². The highest BCUT2D eigenvalue weighted by Crippen LogP contribution is 2.39. The second-order valence-corrected chi connectivity index (χ2v) is 6.47. The Morgan fingerprint density at radius 3 is 2.42 bits per heavy atom. The summed E-state index contributed by atoms with van der Waals surface area (Å²) >= 11 is 0. The van der Waals surface area contributed by atoms with Gasteiger partial charge >= 0.3 is 0 Å². The third kappa shape index (κ3) is 2.99. The molecule has 1 aliphatic rings. The first-order valence-corrected chi connectivity index (χ1v) is 8.30. The van der Waals surface area contributed by atoms with Gasteiger partial charge in [0.25, 0.3) is 0 Å². The minimum atomic E-state index is -0.405. The Morgan fingerprint density at radius 1 is 1.17 bits per heavy atom. The molecule has 2 nitrogen and oxygen atoms in total. The van der Waals surface area contributed by atoms with Crippen LogP contribution in [0.5, 0.6) is 0 Å². The van der Waals surface area contributed by atoms with Gasteiger partial charge in [-0.05, 0) is 36.6 Å². The summed E-state index contributed by atoms with van der Waals surface area (Å²) < 4.78 is 13.2. The summed E-state index contributed by atoms with van der Waals surface area (Å²) in [6.07, 6.45) is 3.02. The second-order valence-electron chi connectivity index (χ2n) is 6.47. The van der Waals surface area contributed by atoms with Gasteiger partial charge in [-0.2, -0.15) is 0 Å². The number of carbonyl (C=O) groups excluding carboxylic acids is 1. The number of allylic oxidation sites excluding steroid dienone is 1. The largest absolute Gasteiger partial charge is 0.336 e. The van der Waals surface area contributed by atoms with Gasteiger partial charge in [-0.3, -0.25) is 4.79 Å². The molecule has 0 N–H and O–H groups in total. The zero-order valence-electron chi connectivity index (χ0n) is 13.9. The number of rotatable bonds is 4. The van der Waals surface area contributed by atoms with E-state index >= 15 is 0 Å². The van der Waals surface area contributed by atoms with E-state index < -0.39 is 5.41 Å². The van der Waals surface area contributed by atoms with Crippen LogP contribution < -0.4 is 0 Å². The fraction of sp³-hybridized carbons (Fsp3) is 0.286. The minimum Gasteiger partial charge on any atom is -0.336 e. The molecule has 2 aromatic carbocycles. The zero-order chi connectivity index (χ0) is 17.2. The van der Waals surface area contributed by atoms with E-state index in [2.05, 4.69) is 13.5 Å². The van der Waals surface area contributed by atoms with Crippen molar-refractivity contribution in [2.75, 3.05) is 6.54 Å². The van der Waals surface area contributed by atoms with E-state index in [1.807, 2.05) is 41.3 Å². The van der Waals surface area contributed by atoms with Crippen molar-refractivity contribution in [1.29, 1.82) is 0 Å². The fourth-order valence-corrected chi connectivity index (χ4v) is 3.55. The second kappa shape index (κ2) is 6.60. The highest BCUT2D eigenvalue weighted by atomic mass is 19.1. The highest BCUT2D eigenvalue weighted by Gasteiger charge is 2.39. The van der Waals surface area contributed by atoms with E-state index in [4.69, 9.17) is 0 Å². The first kappa shape index (κ1) is 16.4. The number of amides is 1. The van der Waals surface area contributed by atoms with Crippen molar-refractivity contribution < 1.29 is 9.18 Å². The van der Waals surface area contributed by atoms with Crippen molar-refractivity contribution in [2.24, 2.45) is 0 Å². The molecule has 0 radical (unpaired) electrons. The molecule has 0 aromatic heterocycles. The van der Waals surface area contributed by atoms with Gasteiger partial charge in [0.15, 0.2) is 0 Å². The smallest absolute Gasteiger partial charge is 0.224 e. The molecule has 1 fully saturated rings. The lowest BCUT2D eigenvalue weighted by Gasteiger charge is -2.42. The van der Waals surface area contributed by atoms with Crippen LogP contribution in [-0.2, 0) is 10.2 Å². The predicted octanol–water partition coefficient (Wildman–Crippen LogP) is 4.63. The summed E-state index contributed by atoms with van der Waals surface area (Å²) in [7, 11) is 0. The first-order chi connectivity index (χ1) is 11.6. The molecule has 2 atom stereocenters. The van der Waals surface area contributed by atoms with Gasteiger partial charge in [0.05, 0.1) is 6.04 Å². The van der Waals surface area contributed by atoms with Gasteiger partial charge in [0.2, 0.25) is 5.91 Å². The summed E-state index contributed by atoms with van der Waals surface area (Å²) in [6, 6.07) is 16.5. The molecule has 2 aromatic rings. The Labute approximate surface area is 142 Å². The summed E-state index contributed by atoms with van der Waals surface area (Å²) in [5.74, 6) is -0.152. The average Bonchev–Trinajstić information content (AvgIpc) is 2.62. The van der Waals surface area contributed by atoms with E-state index in [1.54, 1.807) is 12.1 Å². The van der Waals surface area contributed by atoms with Crippen molar-refractivity contribution in [1.82, 2.24) is 4.90 Å². The quantitative estimate of drug-likeness (QED) is 0.751. The third-order valence-corrected chi connectivity index (χ3v) is 5.15. The molecule has 1 aliphatic heterocycles. The molecular formula is C21H22FNO. The van der Waals surface area contributed by atoms with E-state index in [1.165, 1.54) is 12.1 Å². The number of piperidine rings is 1. The number of likely N-dealkylation sites (tertiary alicyclic amines) is 1. The molecule has 1 saturated heterocycles. The molecule has 0 bridgehead atoms. The number of hydrogen-bond acceptors (Lipinski definition) is 1. The number of hydrogen-bond donors (Lipinski definition) is 0.